The predicted octanol–water partition coefficient (Wildman–Crippen LogP) is 1.53. The quantitative estimate of drug-likeness (QED) is 0.803. The van der Waals surface area contributed by atoms with Gasteiger partial charge in [0.25, 0.3) is 5.56 Å². The molecule has 5 nitrogen and oxygen atoms in total. The molecule has 4 fully saturated rings. The zero-order valence-corrected chi connectivity index (χ0v) is 10.8. The molecule has 4 aliphatic carbocycles. The third kappa shape index (κ3) is 1.60. The summed E-state index contributed by atoms with van der Waals surface area (Å²) in [6.07, 6.45) is 6.30. The molecule has 4 aliphatic rings. The summed E-state index contributed by atoms with van der Waals surface area (Å²) in [6, 6.07) is 1.40. The molecule has 0 aromatic carbocycles. The van der Waals surface area contributed by atoms with Crippen LogP contribution >= 0.6 is 0 Å². The van der Waals surface area contributed by atoms with E-state index in [1.165, 1.54) is 38.2 Å². The maximum Gasteiger partial charge on any atom is 0.270 e. The van der Waals surface area contributed by atoms with Crippen LogP contribution in [0.5, 0.6) is 5.75 Å². The van der Waals surface area contributed by atoms with E-state index in [0.717, 1.165) is 11.8 Å². The molecule has 102 valence electrons. The largest absolute Gasteiger partial charge is 0.504 e. The summed E-state index contributed by atoms with van der Waals surface area (Å²) in [5.74, 6) is 2.74. The number of nitrogen functional groups attached to an aromatic ring is 1. The molecule has 0 radical (unpaired) electrons. The van der Waals surface area contributed by atoms with Crippen molar-refractivity contribution in [2.75, 3.05) is 5.73 Å². The highest BCUT2D eigenvalue weighted by Gasteiger charge is 2.49. The number of nitrogens with zero attached hydrogens (tertiary/aromatic N) is 2. The van der Waals surface area contributed by atoms with E-state index < -0.39 is 0 Å². The van der Waals surface area contributed by atoms with Crippen molar-refractivity contribution in [2.45, 2.75) is 38.1 Å². The summed E-state index contributed by atoms with van der Waals surface area (Å²) in [5.41, 5.74) is 5.44. The van der Waals surface area contributed by atoms with Gasteiger partial charge in [0, 0.05) is 0 Å². The molecule has 3 N–H and O–H groups in total. The summed E-state index contributed by atoms with van der Waals surface area (Å²) < 4.78 is 1.56. The number of rotatable bonds is 1. The second kappa shape index (κ2) is 3.74. The Bertz CT molecular complexity index is 553. The molecule has 0 atom stereocenters. The van der Waals surface area contributed by atoms with Crippen LogP contribution in [0.25, 0.3) is 0 Å². The van der Waals surface area contributed by atoms with Gasteiger partial charge < -0.3 is 10.8 Å². The Morgan fingerprint density at radius 1 is 1.16 bits per heavy atom. The van der Waals surface area contributed by atoms with Gasteiger partial charge in [0.1, 0.15) is 0 Å². The van der Waals surface area contributed by atoms with E-state index >= 15 is 0 Å². The van der Waals surface area contributed by atoms with E-state index in [1.807, 2.05) is 0 Å². The molecule has 0 unspecified atom stereocenters. The molecular weight excluding hydrogens is 242 g/mol. The third-order valence-corrected chi connectivity index (χ3v) is 5.42. The molecule has 5 heteroatoms. The van der Waals surface area contributed by atoms with Crippen molar-refractivity contribution in [3.8, 4) is 5.75 Å². The normalized spacial score (nSPS) is 39.7. The average Bonchev–Trinajstić information content (AvgIpc) is 2.34. The smallest absolute Gasteiger partial charge is 0.270 e. The first kappa shape index (κ1) is 11.3. The lowest BCUT2D eigenvalue weighted by atomic mass is 9.54. The topological polar surface area (TPSA) is 81.1 Å². The van der Waals surface area contributed by atoms with Crippen molar-refractivity contribution in [3.63, 3.8) is 0 Å². The highest BCUT2D eigenvalue weighted by atomic mass is 16.3. The molecule has 4 bridgehead atoms. The Morgan fingerprint density at radius 3 is 2.32 bits per heavy atom. The molecule has 0 amide bonds. The van der Waals surface area contributed by atoms with Gasteiger partial charge in [-0.15, -0.1) is 5.10 Å². The van der Waals surface area contributed by atoms with Crippen molar-refractivity contribution >= 4 is 5.82 Å². The van der Waals surface area contributed by atoms with Crippen LogP contribution in [0.2, 0.25) is 0 Å². The Balaban J connectivity index is 1.77. The van der Waals surface area contributed by atoms with Crippen LogP contribution in [-0.2, 0) is 0 Å². The van der Waals surface area contributed by atoms with Crippen LogP contribution in [0.3, 0.4) is 0 Å². The van der Waals surface area contributed by atoms with E-state index in [-0.39, 0.29) is 23.2 Å². The fourth-order valence-corrected chi connectivity index (χ4v) is 4.98. The molecule has 19 heavy (non-hydrogen) atoms. The van der Waals surface area contributed by atoms with E-state index in [4.69, 9.17) is 5.73 Å². The first-order chi connectivity index (χ1) is 9.11. The van der Waals surface area contributed by atoms with Crippen LogP contribution in [0.4, 0.5) is 5.82 Å². The van der Waals surface area contributed by atoms with E-state index in [0.29, 0.717) is 11.8 Å². The number of nitrogens with two attached hydrogens (primary N) is 1. The van der Waals surface area contributed by atoms with Gasteiger partial charge in [-0.3, -0.25) is 4.79 Å². The average molecular weight is 261 g/mol. The van der Waals surface area contributed by atoms with Gasteiger partial charge in [-0.2, -0.15) is 0 Å². The zero-order chi connectivity index (χ0) is 13.1. The summed E-state index contributed by atoms with van der Waals surface area (Å²) in [6.45, 7) is 0. The standard InChI is InChI=1S/C14H19N3O2/c15-14-11(18)6-12(19)17(16-14)13-9-2-7-1-8(4-9)5-10(13)3-7/h6-10,13,18H,1-5H2,(H2,15,16). The summed E-state index contributed by atoms with van der Waals surface area (Å²) in [7, 11) is 0. The van der Waals surface area contributed by atoms with Crippen LogP contribution in [-0.4, -0.2) is 14.9 Å². The summed E-state index contributed by atoms with van der Waals surface area (Å²) in [4.78, 5) is 12.1. The number of hydrogen-bond acceptors (Lipinski definition) is 4. The lowest BCUT2D eigenvalue weighted by Crippen LogP contribution is -2.48. The fourth-order valence-electron chi connectivity index (χ4n) is 4.98. The maximum absolute atomic E-state index is 12.1. The van der Waals surface area contributed by atoms with Crippen LogP contribution in [0.1, 0.15) is 38.1 Å². The van der Waals surface area contributed by atoms with Crippen molar-refractivity contribution in [1.82, 2.24) is 9.78 Å². The lowest BCUT2D eigenvalue weighted by Gasteiger charge is -2.54. The van der Waals surface area contributed by atoms with Crippen LogP contribution in [0, 0.1) is 23.7 Å². The Hall–Kier alpha value is -1.52. The number of hydrogen-bond donors (Lipinski definition) is 2. The zero-order valence-electron chi connectivity index (χ0n) is 10.8. The van der Waals surface area contributed by atoms with E-state index in [1.54, 1.807) is 4.68 Å². The maximum atomic E-state index is 12.1. The second-order valence-electron chi connectivity index (χ2n) is 6.62. The number of anilines is 1. The Labute approximate surface area is 111 Å². The minimum atomic E-state index is -0.218. The lowest BCUT2D eigenvalue weighted by molar-refractivity contribution is -0.0353. The number of aromatic hydroxyl groups is 1. The van der Waals surface area contributed by atoms with Gasteiger partial charge in [-0.25, -0.2) is 4.68 Å². The molecule has 0 spiro atoms. The Morgan fingerprint density at radius 2 is 1.74 bits per heavy atom. The summed E-state index contributed by atoms with van der Waals surface area (Å²) >= 11 is 0. The first-order valence-electron chi connectivity index (χ1n) is 7.20. The molecule has 0 aliphatic heterocycles. The highest BCUT2D eigenvalue weighted by molar-refractivity contribution is 5.42. The molecule has 0 saturated heterocycles. The van der Waals surface area contributed by atoms with Crippen molar-refractivity contribution in [1.29, 1.82) is 0 Å². The molecule has 4 saturated carbocycles. The van der Waals surface area contributed by atoms with Crippen molar-refractivity contribution in [2.24, 2.45) is 23.7 Å². The molecular formula is C14H19N3O2. The van der Waals surface area contributed by atoms with E-state index in [9.17, 15) is 9.90 Å². The second-order valence-corrected chi connectivity index (χ2v) is 6.62. The van der Waals surface area contributed by atoms with Crippen molar-refractivity contribution in [3.05, 3.63) is 16.4 Å². The molecule has 5 rings (SSSR count). The Kier molecular flexibility index (Phi) is 2.23. The minimum Gasteiger partial charge on any atom is -0.504 e. The van der Waals surface area contributed by atoms with Gasteiger partial charge in [0.15, 0.2) is 11.6 Å². The highest BCUT2D eigenvalue weighted by Crippen LogP contribution is 2.57. The SMILES string of the molecule is Nc1nn(C2C3CC4CC(C3)CC2C4)c(=O)cc1O. The predicted molar refractivity (Wildman–Crippen MR) is 70.7 cm³/mol. The van der Waals surface area contributed by atoms with Gasteiger partial charge >= 0.3 is 0 Å². The summed E-state index contributed by atoms with van der Waals surface area (Å²) in [5, 5.41) is 13.6. The van der Waals surface area contributed by atoms with Gasteiger partial charge in [-0.05, 0) is 55.8 Å². The first-order valence-corrected chi connectivity index (χ1v) is 7.20. The molecule has 1 aromatic heterocycles. The third-order valence-electron chi connectivity index (χ3n) is 5.42. The van der Waals surface area contributed by atoms with Crippen LogP contribution in [0.15, 0.2) is 10.9 Å². The monoisotopic (exact) mass is 261 g/mol. The molecule has 1 heterocycles. The fraction of sp³-hybridized carbons (Fsp3) is 0.714. The molecule has 1 aromatic rings. The van der Waals surface area contributed by atoms with Gasteiger partial charge in [0.2, 0.25) is 0 Å². The van der Waals surface area contributed by atoms with Gasteiger partial charge in [0.05, 0.1) is 12.1 Å². The van der Waals surface area contributed by atoms with Gasteiger partial charge in [-0.1, -0.05) is 0 Å². The van der Waals surface area contributed by atoms with Crippen molar-refractivity contribution < 1.29 is 5.11 Å². The van der Waals surface area contributed by atoms with Crippen LogP contribution < -0.4 is 11.3 Å². The number of aromatic nitrogens is 2. The minimum absolute atomic E-state index is 0.0633. The van der Waals surface area contributed by atoms with E-state index in [2.05, 4.69) is 5.10 Å².